The Hall–Kier alpha value is -0.930. The van der Waals surface area contributed by atoms with Gasteiger partial charge < -0.3 is 5.73 Å². The fraction of sp³-hybridized carbons (Fsp3) is 0.533. The summed E-state index contributed by atoms with van der Waals surface area (Å²) >= 11 is 5.12. The van der Waals surface area contributed by atoms with Gasteiger partial charge in [-0.05, 0) is 50.8 Å². The van der Waals surface area contributed by atoms with Crippen LogP contribution < -0.4 is 5.73 Å². The molecule has 0 amide bonds. The number of benzene rings is 1. The summed E-state index contributed by atoms with van der Waals surface area (Å²) in [7, 11) is 0. The van der Waals surface area contributed by atoms with Gasteiger partial charge in [-0.15, -0.1) is 0 Å². The minimum atomic E-state index is 0.358. The average molecular weight is 262 g/mol. The molecule has 98 valence electrons. The van der Waals surface area contributed by atoms with Crippen LogP contribution in [0.4, 0.5) is 0 Å². The van der Waals surface area contributed by atoms with E-state index in [1.54, 1.807) is 0 Å². The molecular weight excluding hydrogens is 240 g/mol. The molecule has 2 nitrogen and oxygen atoms in total. The Bertz CT molecular complexity index is 377. The lowest BCUT2D eigenvalue weighted by molar-refractivity contribution is 0.296. The highest BCUT2D eigenvalue weighted by molar-refractivity contribution is 7.80. The Kier molecular flexibility index (Phi) is 5.14. The number of aryl methyl sites for hydroxylation is 1. The number of rotatable bonds is 6. The van der Waals surface area contributed by atoms with E-state index in [0.29, 0.717) is 11.0 Å². The molecule has 0 aliphatic carbocycles. The minimum Gasteiger partial charge on any atom is -0.392 e. The van der Waals surface area contributed by atoms with Crippen LogP contribution in [0.25, 0.3) is 0 Å². The number of nitrogens with two attached hydrogens (primary N) is 1. The van der Waals surface area contributed by atoms with Crippen molar-refractivity contribution in [3.63, 3.8) is 0 Å². The molecule has 1 heterocycles. The lowest BCUT2D eigenvalue weighted by atomic mass is 10.1. The molecule has 0 radical (unpaired) electrons. The van der Waals surface area contributed by atoms with E-state index in [4.69, 9.17) is 18.0 Å². The van der Waals surface area contributed by atoms with Crippen LogP contribution in [0.5, 0.6) is 0 Å². The molecule has 18 heavy (non-hydrogen) atoms. The van der Waals surface area contributed by atoms with Gasteiger partial charge in [0.1, 0.15) is 0 Å². The molecular formula is C15H22N2S. The van der Waals surface area contributed by atoms with Crippen LogP contribution in [0, 0.1) is 0 Å². The molecule has 1 saturated heterocycles. The third-order valence-electron chi connectivity index (χ3n) is 3.70. The zero-order valence-corrected chi connectivity index (χ0v) is 11.7. The molecule has 0 saturated carbocycles. The first kappa shape index (κ1) is 13.5. The van der Waals surface area contributed by atoms with Gasteiger partial charge in [-0.25, -0.2) is 0 Å². The van der Waals surface area contributed by atoms with E-state index in [-0.39, 0.29) is 0 Å². The van der Waals surface area contributed by atoms with Crippen LogP contribution in [-0.4, -0.2) is 29.0 Å². The molecule has 2 N–H and O–H groups in total. The van der Waals surface area contributed by atoms with E-state index in [9.17, 15) is 0 Å². The maximum atomic E-state index is 5.77. The van der Waals surface area contributed by atoms with Crippen molar-refractivity contribution in [3.05, 3.63) is 35.9 Å². The van der Waals surface area contributed by atoms with Gasteiger partial charge in [-0.2, -0.15) is 0 Å². The maximum absolute atomic E-state index is 5.77. The third kappa shape index (κ3) is 3.79. The first-order valence-electron chi connectivity index (χ1n) is 6.84. The topological polar surface area (TPSA) is 29.3 Å². The van der Waals surface area contributed by atoms with Crippen LogP contribution >= 0.6 is 12.2 Å². The Morgan fingerprint density at radius 2 is 2.06 bits per heavy atom. The summed E-state index contributed by atoms with van der Waals surface area (Å²) in [5, 5.41) is 0. The van der Waals surface area contributed by atoms with Crippen LogP contribution in [-0.2, 0) is 6.42 Å². The Morgan fingerprint density at radius 3 is 2.78 bits per heavy atom. The SMILES string of the molecule is NC(=S)C1CCCN1CCCCc1ccccc1. The van der Waals surface area contributed by atoms with Gasteiger partial charge in [-0.3, -0.25) is 4.90 Å². The first-order chi connectivity index (χ1) is 8.77. The third-order valence-corrected chi connectivity index (χ3v) is 3.97. The molecule has 1 fully saturated rings. The molecule has 0 spiro atoms. The van der Waals surface area contributed by atoms with Crippen molar-refractivity contribution in [2.75, 3.05) is 13.1 Å². The van der Waals surface area contributed by atoms with Crippen LogP contribution in [0.15, 0.2) is 30.3 Å². The summed E-state index contributed by atoms with van der Waals surface area (Å²) in [5.41, 5.74) is 7.21. The summed E-state index contributed by atoms with van der Waals surface area (Å²) in [6.07, 6.45) is 6.03. The zero-order chi connectivity index (χ0) is 12.8. The van der Waals surface area contributed by atoms with Crippen molar-refractivity contribution >= 4 is 17.2 Å². The smallest absolute Gasteiger partial charge is 0.0902 e. The van der Waals surface area contributed by atoms with Crippen LogP contribution in [0.2, 0.25) is 0 Å². The molecule has 0 bridgehead atoms. The standard InChI is InChI=1S/C15H22N2S/c16-15(18)14-10-6-12-17(14)11-5-4-9-13-7-2-1-3-8-13/h1-3,7-8,14H,4-6,9-12H2,(H2,16,18). The van der Waals surface area contributed by atoms with Crippen molar-refractivity contribution in [1.29, 1.82) is 0 Å². The second-order valence-corrected chi connectivity index (χ2v) is 5.51. The second kappa shape index (κ2) is 6.86. The van der Waals surface area contributed by atoms with Crippen LogP contribution in [0.1, 0.15) is 31.2 Å². The maximum Gasteiger partial charge on any atom is 0.0902 e. The van der Waals surface area contributed by atoms with Crippen molar-refractivity contribution in [2.24, 2.45) is 5.73 Å². The van der Waals surface area contributed by atoms with E-state index < -0.39 is 0 Å². The molecule has 1 aliphatic heterocycles. The van der Waals surface area contributed by atoms with E-state index in [2.05, 4.69) is 35.2 Å². The number of unbranched alkanes of at least 4 members (excludes halogenated alkanes) is 1. The molecule has 3 heteroatoms. The predicted molar refractivity (Wildman–Crippen MR) is 80.8 cm³/mol. The van der Waals surface area contributed by atoms with Crippen molar-refractivity contribution < 1.29 is 0 Å². The highest BCUT2D eigenvalue weighted by atomic mass is 32.1. The fourth-order valence-corrected chi connectivity index (χ4v) is 2.97. The summed E-state index contributed by atoms with van der Waals surface area (Å²) in [6.45, 7) is 2.29. The van der Waals surface area contributed by atoms with Crippen LogP contribution in [0.3, 0.4) is 0 Å². The second-order valence-electron chi connectivity index (χ2n) is 5.04. The monoisotopic (exact) mass is 262 g/mol. The van der Waals surface area contributed by atoms with Crippen molar-refractivity contribution in [2.45, 2.75) is 38.1 Å². The number of nitrogens with zero attached hydrogens (tertiary/aromatic N) is 1. The molecule has 1 aromatic carbocycles. The van der Waals surface area contributed by atoms with Gasteiger partial charge >= 0.3 is 0 Å². The quantitative estimate of drug-likeness (QED) is 0.631. The predicted octanol–water partition coefficient (Wildman–Crippen LogP) is 2.76. The molecule has 1 aromatic rings. The van der Waals surface area contributed by atoms with E-state index in [1.165, 1.54) is 31.2 Å². The minimum absolute atomic E-state index is 0.358. The molecule has 0 aromatic heterocycles. The van der Waals surface area contributed by atoms with Crippen molar-refractivity contribution in [3.8, 4) is 0 Å². The number of hydrogen-bond donors (Lipinski definition) is 1. The number of thiocarbonyl (C=S) groups is 1. The summed E-state index contributed by atoms with van der Waals surface area (Å²) < 4.78 is 0. The molecule has 1 unspecified atom stereocenters. The lowest BCUT2D eigenvalue weighted by Crippen LogP contribution is -2.39. The van der Waals surface area contributed by atoms with E-state index in [0.717, 1.165) is 19.5 Å². The van der Waals surface area contributed by atoms with Gasteiger partial charge in [0.25, 0.3) is 0 Å². The first-order valence-corrected chi connectivity index (χ1v) is 7.25. The summed E-state index contributed by atoms with van der Waals surface area (Å²) in [4.78, 5) is 3.13. The van der Waals surface area contributed by atoms with Gasteiger partial charge in [0.2, 0.25) is 0 Å². The van der Waals surface area contributed by atoms with Gasteiger partial charge in [0, 0.05) is 0 Å². The average Bonchev–Trinajstić information content (AvgIpc) is 2.84. The largest absolute Gasteiger partial charge is 0.392 e. The summed E-state index contributed by atoms with van der Waals surface area (Å²) in [6, 6.07) is 11.1. The fourth-order valence-electron chi connectivity index (χ4n) is 2.70. The van der Waals surface area contributed by atoms with E-state index in [1.807, 2.05) is 0 Å². The van der Waals surface area contributed by atoms with Gasteiger partial charge in [0.05, 0.1) is 11.0 Å². The van der Waals surface area contributed by atoms with Gasteiger partial charge in [0.15, 0.2) is 0 Å². The van der Waals surface area contributed by atoms with Gasteiger partial charge in [-0.1, -0.05) is 42.5 Å². The Morgan fingerprint density at radius 1 is 1.28 bits per heavy atom. The highest BCUT2D eigenvalue weighted by Crippen LogP contribution is 2.18. The van der Waals surface area contributed by atoms with E-state index >= 15 is 0 Å². The zero-order valence-electron chi connectivity index (χ0n) is 10.8. The number of likely N-dealkylation sites (tertiary alicyclic amines) is 1. The lowest BCUT2D eigenvalue weighted by Gasteiger charge is -2.23. The Balaban J connectivity index is 1.68. The molecule has 2 rings (SSSR count). The normalized spacial score (nSPS) is 20.1. The molecule has 1 aliphatic rings. The van der Waals surface area contributed by atoms with Crippen molar-refractivity contribution in [1.82, 2.24) is 4.90 Å². The number of hydrogen-bond acceptors (Lipinski definition) is 2. The Labute approximate surface area is 115 Å². The highest BCUT2D eigenvalue weighted by Gasteiger charge is 2.25. The molecule has 1 atom stereocenters. The summed E-state index contributed by atoms with van der Waals surface area (Å²) in [5.74, 6) is 0.